The molecule has 26 heavy (non-hydrogen) atoms. The van der Waals surface area contributed by atoms with Crippen molar-refractivity contribution in [3.05, 3.63) is 66.2 Å². The molecule has 1 amide bonds. The van der Waals surface area contributed by atoms with Crippen LogP contribution in [0, 0.1) is 5.92 Å². The Bertz CT molecular complexity index is 795. The van der Waals surface area contributed by atoms with E-state index in [2.05, 4.69) is 10.0 Å². The third kappa shape index (κ3) is 5.94. The van der Waals surface area contributed by atoms with Crippen molar-refractivity contribution in [1.82, 2.24) is 10.0 Å². The maximum absolute atomic E-state index is 12.0. The van der Waals surface area contributed by atoms with Gasteiger partial charge in [-0.15, -0.1) is 0 Å². The van der Waals surface area contributed by atoms with Crippen molar-refractivity contribution in [2.24, 2.45) is 5.92 Å². The molecule has 140 valence electrons. The summed E-state index contributed by atoms with van der Waals surface area (Å²) in [6.07, 6.45) is -0.572. The summed E-state index contributed by atoms with van der Waals surface area (Å²) in [6, 6.07) is 17.6. The number of amides is 1. The summed E-state index contributed by atoms with van der Waals surface area (Å²) in [4.78, 5) is 12.2. The fourth-order valence-electron chi connectivity index (χ4n) is 2.51. The van der Waals surface area contributed by atoms with Crippen molar-refractivity contribution in [1.29, 1.82) is 0 Å². The largest absolute Gasteiger partial charge is 0.383 e. The molecule has 7 heteroatoms. The zero-order valence-electron chi connectivity index (χ0n) is 14.6. The first kappa shape index (κ1) is 20.1. The van der Waals surface area contributed by atoms with E-state index < -0.39 is 22.0 Å². The number of rotatable bonds is 9. The minimum atomic E-state index is -3.60. The van der Waals surface area contributed by atoms with Gasteiger partial charge in [-0.1, -0.05) is 55.5 Å². The average Bonchev–Trinajstić information content (AvgIpc) is 2.66. The van der Waals surface area contributed by atoms with E-state index in [4.69, 9.17) is 0 Å². The Balaban J connectivity index is 1.76. The molecule has 1 unspecified atom stereocenters. The number of carbonyl (C=O) groups is 1. The maximum Gasteiger partial charge on any atom is 0.249 e. The first-order chi connectivity index (χ1) is 12.4. The van der Waals surface area contributed by atoms with Crippen LogP contribution in [-0.2, 0) is 21.2 Å². The Hall–Kier alpha value is -2.22. The van der Waals surface area contributed by atoms with E-state index >= 15 is 0 Å². The van der Waals surface area contributed by atoms with Crippen LogP contribution in [0.1, 0.15) is 12.5 Å². The molecular formula is C19H24N2O4S. The highest BCUT2D eigenvalue weighted by molar-refractivity contribution is 7.89. The minimum Gasteiger partial charge on any atom is -0.383 e. The van der Waals surface area contributed by atoms with Gasteiger partial charge in [0.2, 0.25) is 15.9 Å². The fourth-order valence-corrected chi connectivity index (χ4v) is 3.57. The van der Waals surface area contributed by atoms with Gasteiger partial charge in [0, 0.05) is 13.1 Å². The van der Waals surface area contributed by atoms with Crippen LogP contribution in [0.15, 0.2) is 65.6 Å². The number of nitrogens with one attached hydrogen (secondary N) is 2. The lowest BCUT2D eigenvalue weighted by Gasteiger charge is -2.18. The van der Waals surface area contributed by atoms with E-state index in [1.165, 1.54) is 12.1 Å². The second-order valence-electron chi connectivity index (χ2n) is 6.11. The SMILES string of the molecule is C[C@@H](Cc1ccccc1)C(O)C(=O)NCCNS(=O)(=O)c1ccccc1. The lowest BCUT2D eigenvalue weighted by molar-refractivity contribution is -0.131. The Morgan fingerprint density at radius 3 is 2.19 bits per heavy atom. The normalized spacial score (nSPS) is 13.8. The van der Waals surface area contributed by atoms with Gasteiger partial charge in [-0.25, -0.2) is 13.1 Å². The van der Waals surface area contributed by atoms with Crippen LogP contribution in [0.2, 0.25) is 0 Å². The number of carbonyl (C=O) groups excluding carboxylic acids is 1. The van der Waals surface area contributed by atoms with Gasteiger partial charge < -0.3 is 10.4 Å². The second-order valence-corrected chi connectivity index (χ2v) is 7.88. The van der Waals surface area contributed by atoms with E-state index in [9.17, 15) is 18.3 Å². The summed E-state index contributed by atoms with van der Waals surface area (Å²) in [7, 11) is -3.60. The highest BCUT2D eigenvalue weighted by Gasteiger charge is 2.22. The van der Waals surface area contributed by atoms with E-state index in [0.717, 1.165) is 5.56 Å². The number of hydrogen-bond donors (Lipinski definition) is 3. The van der Waals surface area contributed by atoms with Gasteiger partial charge in [0.1, 0.15) is 6.10 Å². The highest BCUT2D eigenvalue weighted by Crippen LogP contribution is 2.12. The zero-order chi connectivity index (χ0) is 19.0. The summed E-state index contributed by atoms with van der Waals surface area (Å²) >= 11 is 0. The number of hydrogen-bond acceptors (Lipinski definition) is 4. The molecule has 3 N–H and O–H groups in total. The number of aliphatic hydroxyl groups is 1. The third-order valence-electron chi connectivity index (χ3n) is 3.98. The maximum atomic E-state index is 12.0. The van der Waals surface area contributed by atoms with Gasteiger partial charge in [0.15, 0.2) is 0 Å². The van der Waals surface area contributed by atoms with E-state index in [1.807, 2.05) is 30.3 Å². The lowest BCUT2D eigenvalue weighted by atomic mass is 9.95. The lowest BCUT2D eigenvalue weighted by Crippen LogP contribution is -2.42. The van der Waals surface area contributed by atoms with Gasteiger partial charge in [-0.3, -0.25) is 4.79 Å². The monoisotopic (exact) mass is 376 g/mol. The second kappa shape index (κ2) is 9.47. The van der Waals surface area contributed by atoms with E-state index in [-0.39, 0.29) is 23.9 Å². The topological polar surface area (TPSA) is 95.5 Å². The van der Waals surface area contributed by atoms with Gasteiger partial charge in [-0.2, -0.15) is 0 Å². The van der Waals surface area contributed by atoms with Crippen LogP contribution in [0.3, 0.4) is 0 Å². The molecule has 0 saturated heterocycles. The summed E-state index contributed by atoms with van der Waals surface area (Å²) < 4.78 is 26.5. The first-order valence-corrected chi connectivity index (χ1v) is 9.93. The molecule has 0 saturated carbocycles. The van der Waals surface area contributed by atoms with Crippen LogP contribution in [0.4, 0.5) is 0 Å². The van der Waals surface area contributed by atoms with Crippen molar-refractivity contribution < 1.29 is 18.3 Å². The summed E-state index contributed by atoms with van der Waals surface area (Å²) in [5.74, 6) is -0.759. The highest BCUT2D eigenvalue weighted by atomic mass is 32.2. The minimum absolute atomic E-state index is 0.0444. The zero-order valence-corrected chi connectivity index (χ0v) is 15.4. The molecule has 2 aromatic carbocycles. The van der Waals surface area contributed by atoms with Gasteiger partial charge >= 0.3 is 0 Å². The Morgan fingerprint density at radius 1 is 1.00 bits per heavy atom. The van der Waals surface area contributed by atoms with Crippen LogP contribution in [0.25, 0.3) is 0 Å². The summed E-state index contributed by atoms with van der Waals surface area (Å²) in [5, 5.41) is 12.7. The molecule has 0 spiro atoms. The molecule has 2 atom stereocenters. The van der Waals surface area contributed by atoms with E-state index in [0.29, 0.717) is 6.42 Å². The van der Waals surface area contributed by atoms with Crippen molar-refractivity contribution in [2.75, 3.05) is 13.1 Å². The van der Waals surface area contributed by atoms with Gasteiger partial charge in [0.05, 0.1) is 4.90 Å². The van der Waals surface area contributed by atoms with Crippen molar-refractivity contribution in [3.8, 4) is 0 Å². The van der Waals surface area contributed by atoms with E-state index in [1.54, 1.807) is 25.1 Å². The first-order valence-electron chi connectivity index (χ1n) is 8.44. The van der Waals surface area contributed by atoms with Crippen LogP contribution in [0.5, 0.6) is 0 Å². The molecule has 0 fully saturated rings. The molecule has 6 nitrogen and oxygen atoms in total. The van der Waals surface area contributed by atoms with Crippen molar-refractivity contribution in [3.63, 3.8) is 0 Å². The van der Waals surface area contributed by atoms with Crippen LogP contribution < -0.4 is 10.0 Å². The van der Waals surface area contributed by atoms with Crippen LogP contribution >= 0.6 is 0 Å². The molecule has 0 aliphatic carbocycles. The average molecular weight is 376 g/mol. The molecule has 0 heterocycles. The Labute approximate surface area is 154 Å². The number of aliphatic hydroxyl groups excluding tert-OH is 1. The van der Waals surface area contributed by atoms with Crippen molar-refractivity contribution in [2.45, 2.75) is 24.3 Å². The number of benzene rings is 2. The molecule has 0 aliphatic rings. The van der Waals surface area contributed by atoms with Crippen molar-refractivity contribution >= 4 is 15.9 Å². The quantitative estimate of drug-likeness (QED) is 0.575. The molecule has 2 rings (SSSR count). The van der Waals surface area contributed by atoms with Gasteiger partial charge in [-0.05, 0) is 30.0 Å². The van der Waals surface area contributed by atoms with Crippen LogP contribution in [-0.4, -0.2) is 38.6 Å². The molecule has 0 aliphatic heterocycles. The molecule has 2 aromatic rings. The number of sulfonamides is 1. The Kier molecular flexibility index (Phi) is 7.32. The molecule has 0 aromatic heterocycles. The Morgan fingerprint density at radius 2 is 1.58 bits per heavy atom. The smallest absolute Gasteiger partial charge is 0.249 e. The molecule has 0 bridgehead atoms. The fraction of sp³-hybridized carbons (Fsp3) is 0.316. The molecular weight excluding hydrogens is 352 g/mol. The predicted octanol–water partition coefficient (Wildman–Crippen LogP) is 1.32. The van der Waals surface area contributed by atoms with Gasteiger partial charge in [0.25, 0.3) is 0 Å². The summed E-state index contributed by atoms with van der Waals surface area (Å²) in [6.45, 7) is 1.94. The standard InChI is InChI=1S/C19H24N2O4S/c1-15(14-16-8-4-2-5-9-16)18(22)19(23)20-12-13-21-26(24,25)17-10-6-3-7-11-17/h2-11,15,18,21-22H,12-14H2,1H3,(H,20,23)/t15-,18?/m0/s1. The predicted molar refractivity (Wildman–Crippen MR) is 100.0 cm³/mol. The molecule has 0 radical (unpaired) electrons. The summed E-state index contributed by atoms with van der Waals surface area (Å²) in [5.41, 5.74) is 1.04. The third-order valence-corrected chi connectivity index (χ3v) is 5.45.